The van der Waals surface area contributed by atoms with Crippen LogP contribution in [0.3, 0.4) is 0 Å². The molecule has 0 unspecified atom stereocenters. The molecule has 1 heterocycles. The largest absolute Gasteiger partial charge is 0.298 e. The zero-order valence-corrected chi connectivity index (χ0v) is 9.43. The first kappa shape index (κ1) is 10.9. The zero-order chi connectivity index (χ0) is 11.8. The molecule has 0 saturated heterocycles. The molecule has 4 nitrogen and oxygen atoms in total. The van der Waals surface area contributed by atoms with Gasteiger partial charge in [-0.25, -0.2) is 0 Å². The van der Waals surface area contributed by atoms with E-state index in [-0.39, 0.29) is 17.0 Å². The minimum absolute atomic E-state index is 0.0400. The highest BCUT2D eigenvalue weighted by Gasteiger charge is 2.41. The fraction of sp³-hybridized carbons (Fsp3) is 0.500. The van der Waals surface area contributed by atoms with Crippen molar-refractivity contribution in [1.29, 1.82) is 0 Å². The average Bonchev–Trinajstić information content (AvgIpc) is 2.16. The Bertz CT molecular complexity index is 406. The van der Waals surface area contributed by atoms with E-state index in [1.54, 1.807) is 0 Å². The van der Waals surface area contributed by atoms with Crippen LogP contribution < -0.4 is 0 Å². The zero-order valence-electron chi connectivity index (χ0n) is 9.43. The lowest BCUT2D eigenvalue weighted by molar-refractivity contribution is -0.135. The van der Waals surface area contributed by atoms with E-state index >= 15 is 0 Å². The predicted molar refractivity (Wildman–Crippen MR) is 57.8 cm³/mol. The second-order valence-electron chi connectivity index (χ2n) is 5.01. The molecule has 16 heavy (non-hydrogen) atoms. The van der Waals surface area contributed by atoms with Gasteiger partial charge in [0.2, 0.25) is 0 Å². The first-order valence-corrected chi connectivity index (χ1v) is 5.31. The maximum Gasteiger partial charge on any atom is 0.149 e. The van der Waals surface area contributed by atoms with Gasteiger partial charge in [0.25, 0.3) is 0 Å². The van der Waals surface area contributed by atoms with Crippen LogP contribution >= 0.6 is 0 Å². The van der Waals surface area contributed by atoms with Gasteiger partial charge >= 0.3 is 0 Å². The van der Waals surface area contributed by atoms with Gasteiger partial charge in [0.15, 0.2) is 0 Å². The quantitative estimate of drug-likeness (QED) is 0.670. The molecule has 1 fully saturated rings. The highest BCUT2D eigenvalue weighted by atomic mass is 16.2. The van der Waals surface area contributed by atoms with Gasteiger partial charge in [-0.3, -0.25) is 19.6 Å². The number of hydrogen-bond donors (Lipinski definition) is 0. The minimum atomic E-state index is -0.693. The van der Waals surface area contributed by atoms with Crippen molar-refractivity contribution in [3.05, 3.63) is 24.3 Å². The summed E-state index contributed by atoms with van der Waals surface area (Å²) in [7, 11) is 0. The molecule has 84 valence electrons. The summed E-state index contributed by atoms with van der Waals surface area (Å²) in [6.07, 6.45) is 5.40. The van der Waals surface area contributed by atoms with Crippen molar-refractivity contribution in [2.75, 3.05) is 0 Å². The van der Waals surface area contributed by atoms with Crippen molar-refractivity contribution in [3.63, 3.8) is 0 Å². The summed E-state index contributed by atoms with van der Waals surface area (Å²) in [5.41, 5.74) is 0.264. The van der Waals surface area contributed by atoms with Gasteiger partial charge in [0, 0.05) is 31.4 Å². The molecule has 0 spiro atoms. The molecule has 0 atom stereocenters. The SMILES string of the molecule is CC1(C)CC(=O)C(c2cnccn2)C(=O)C1. The molecule has 4 heteroatoms. The number of nitrogens with zero attached hydrogens (tertiary/aromatic N) is 2. The molecule has 0 radical (unpaired) electrons. The summed E-state index contributed by atoms with van der Waals surface area (Å²) in [6.45, 7) is 3.88. The van der Waals surface area contributed by atoms with Crippen molar-refractivity contribution in [2.45, 2.75) is 32.6 Å². The lowest BCUT2D eigenvalue weighted by Gasteiger charge is -2.31. The van der Waals surface area contributed by atoms with Crippen molar-refractivity contribution >= 4 is 11.6 Å². The monoisotopic (exact) mass is 218 g/mol. The molecule has 1 saturated carbocycles. The highest BCUT2D eigenvalue weighted by molar-refractivity contribution is 6.09. The Kier molecular flexibility index (Phi) is 2.58. The third kappa shape index (κ3) is 2.01. The fourth-order valence-electron chi connectivity index (χ4n) is 2.18. The molecule has 1 aromatic heterocycles. The molecular formula is C12H14N2O2. The Morgan fingerprint density at radius 1 is 1.19 bits per heavy atom. The Hall–Kier alpha value is -1.58. The van der Waals surface area contributed by atoms with E-state index in [0.29, 0.717) is 18.5 Å². The summed E-state index contributed by atoms with van der Waals surface area (Å²) in [4.78, 5) is 31.8. The van der Waals surface area contributed by atoms with Gasteiger partial charge in [-0.05, 0) is 5.41 Å². The van der Waals surface area contributed by atoms with E-state index in [9.17, 15) is 9.59 Å². The summed E-state index contributed by atoms with van der Waals surface area (Å²) in [5.74, 6) is -0.773. The minimum Gasteiger partial charge on any atom is -0.298 e. The van der Waals surface area contributed by atoms with E-state index in [1.807, 2.05) is 13.8 Å². The molecule has 0 N–H and O–H groups in total. The first-order chi connectivity index (χ1) is 7.49. The van der Waals surface area contributed by atoms with E-state index in [4.69, 9.17) is 0 Å². The van der Waals surface area contributed by atoms with E-state index in [1.165, 1.54) is 18.6 Å². The Morgan fingerprint density at radius 3 is 2.31 bits per heavy atom. The van der Waals surface area contributed by atoms with Gasteiger partial charge in [0.05, 0.1) is 5.69 Å². The second kappa shape index (κ2) is 3.77. The highest BCUT2D eigenvalue weighted by Crippen LogP contribution is 2.37. The van der Waals surface area contributed by atoms with Crippen LogP contribution in [0.5, 0.6) is 0 Å². The number of ketones is 2. The first-order valence-electron chi connectivity index (χ1n) is 5.31. The van der Waals surface area contributed by atoms with Gasteiger partial charge < -0.3 is 0 Å². The smallest absolute Gasteiger partial charge is 0.149 e. The van der Waals surface area contributed by atoms with Crippen LogP contribution in [-0.4, -0.2) is 21.5 Å². The molecule has 0 aliphatic heterocycles. The molecule has 0 amide bonds. The molecule has 1 aromatic rings. The van der Waals surface area contributed by atoms with E-state index in [2.05, 4.69) is 9.97 Å². The third-order valence-corrected chi connectivity index (χ3v) is 2.83. The van der Waals surface area contributed by atoms with E-state index < -0.39 is 5.92 Å². The topological polar surface area (TPSA) is 59.9 Å². The molecular weight excluding hydrogens is 204 g/mol. The number of hydrogen-bond acceptors (Lipinski definition) is 4. The van der Waals surface area contributed by atoms with Crippen LogP contribution in [0, 0.1) is 5.41 Å². The van der Waals surface area contributed by atoms with Crippen LogP contribution in [0.1, 0.15) is 38.3 Å². The number of carbonyl (C=O) groups is 2. The Balaban J connectivity index is 2.31. The van der Waals surface area contributed by atoms with Crippen LogP contribution in [-0.2, 0) is 9.59 Å². The number of carbonyl (C=O) groups excluding carboxylic acids is 2. The van der Waals surface area contributed by atoms with Crippen LogP contribution in [0.2, 0.25) is 0 Å². The van der Waals surface area contributed by atoms with Crippen molar-refractivity contribution in [3.8, 4) is 0 Å². The van der Waals surface area contributed by atoms with Crippen molar-refractivity contribution < 1.29 is 9.59 Å². The molecule has 0 bridgehead atoms. The fourth-order valence-corrected chi connectivity index (χ4v) is 2.18. The van der Waals surface area contributed by atoms with Crippen molar-refractivity contribution in [2.24, 2.45) is 5.41 Å². The second-order valence-corrected chi connectivity index (χ2v) is 5.01. The lowest BCUT2D eigenvalue weighted by Crippen LogP contribution is -2.36. The molecule has 1 aliphatic carbocycles. The van der Waals surface area contributed by atoms with Gasteiger partial charge in [-0.15, -0.1) is 0 Å². The Morgan fingerprint density at radius 2 is 1.81 bits per heavy atom. The average molecular weight is 218 g/mol. The van der Waals surface area contributed by atoms with E-state index in [0.717, 1.165) is 0 Å². The van der Waals surface area contributed by atoms with Gasteiger partial charge in [0.1, 0.15) is 17.5 Å². The molecule has 2 rings (SSSR count). The van der Waals surface area contributed by atoms with Gasteiger partial charge in [-0.1, -0.05) is 13.8 Å². The predicted octanol–water partition coefficient (Wildman–Crippen LogP) is 1.52. The van der Waals surface area contributed by atoms with Crippen LogP contribution in [0.25, 0.3) is 0 Å². The number of aromatic nitrogens is 2. The molecule has 0 aromatic carbocycles. The maximum atomic E-state index is 11.9. The summed E-state index contributed by atoms with van der Waals surface area (Å²) in [5, 5.41) is 0. The summed E-state index contributed by atoms with van der Waals surface area (Å²) in [6, 6.07) is 0. The van der Waals surface area contributed by atoms with Crippen molar-refractivity contribution in [1.82, 2.24) is 9.97 Å². The standard InChI is InChI=1S/C12H14N2O2/c1-12(2)5-9(15)11(10(16)6-12)8-7-13-3-4-14-8/h3-4,7,11H,5-6H2,1-2H3. The lowest BCUT2D eigenvalue weighted by atomic mass is 9.71. The summed E-state index contributed by atoms with van der Waals surface area (Å²) >= 11 is 0. The van der Waals surface area contributed by atoms with Gasteiger partial charge in [-0.2, -0.15) is 0 Å². The number of Topliss-reactive ketones (excluding diaryl/α,β-unsaturated/α-hetero) is 2. The third-order valence-electron chi connectivity index (χ3n) is 2.83. The van der Waals surface area contributed by atoms with Crippen LogP contribution in [0.15, 0.2) is 18.6 Å². The van der Waals surface area contributed by atoms with Crippen LogP contribution in [0.4, 0.5) is 0 Å². The Labute approximate surface area is 94.1 Å². The maximum absolute atomic E-state index is 11.9. The normalized spacial score (nSPS) is 21.1. The number of rotatable bonds is 1. The summed E-state index contributed by atoms with van der Waals surface area (Å²) < 4.78 is 0. The molecule has 1 aliphatic rings.